The van der Waals surface area contributed by atoms with E-state index in [2.05, 4.69) is 61.2 Å². The summed E-state index contributed by atoms with van der Waals surface area (Å²) in [5.41, 5.74) is 6.90. The van der Waals surface area contributed by atoms with Crippen molar-refractivity contribution in [2.75, 3.05) is 18.4 Å². The number of nitrogens with zero attached hydrogens (tertiary/aromatic N) is 4. The highest BCUT2D eigenvalue weighted by molar-refractivity contribution is 5.94. The summed E-state index contributed by atoms with van der Waals surface area (Å²) in [5.74, 6) is 0. The number of nitrogens with one attached hydrogen (secondary N) is 2. The molecular formula is C25H26N6. The van der Waals surface area contributed by atoms with E-state index in [1.54, 1.807) is 12.4 Å². The molecule has 31 heavy (non-hydrogen) atoms. The third kappa shape index (κ3) is 4.34. The van der Waals surface area contributed by atoms with Crippen molar-refractivity contribution in [1.29, 1.82) is 0 Å². The van der Waals surface area contributed by atoms with Gasteiger partial charge in [0.1, 0.15) is 5.69 Å². The molecule has 1 aliphatic heterocycles. The van der Waals surface area contributed by atoms with E-state index in [9.17, 15) is 0 Å². The molecule has 0 atom stereocenters. The van der Waals surface area contributed by atoms with Crippen LogP contribution in [0.4, 0.5) is 5.69 Å². The van der Waals surface area contributed by atoms with Gasteiger partial charge in [0.15, 0.2) is 0 Å². The predicted molar refractivity (Wildman–Crippen MR) is 125 cm³/mol. The molecule has 0 aliphatic carbocycles. The van der Waals surface area contributed by atoms with Crippen LogP contribution in [0.3, 0.4) is 0 Å². The van der Waals surface area contributed by atoms with Gasteiger partial charge < -0.3 is 5.32 Å². The Hall–Kier alpha value is -3.51. The summed E-state index contributed by atoms with van der Waals surface area (Å²) >= 11 is 0. The van der Waals surface area contributed by atoms with Gasteiger partial charge in [-0.3, -0.25) is 20.0 Å². The Bertz CT molecular complexity index is 1190. The van der Waals surface area contributed by atoms with Gasteiger partial charge in [0, 0.05) is 36.1 Å². The molecule has 1 saturated heterocycles. The molecule has 0 amide bonds. The summed E-state index contributed by atoms with van der Waals surface area (Å²) in [6.07, 6.45) is 11.4. The molecule has 4 aromatic rings. The molecule has 3 aromatic heterocycles. The highest BCUT2D eigenvalue weighted by atomic mass is 15.1. The average Bonchev–Trinajstić information content (AvgIpc) is 3.24. The number of piperidine rings is 1. The van der Waals surface area contributed by atoms with Crippen LogP contribution in [-0.2, 0) is 6.54 Å². The summed E-state index contributed by atoms with van der Waals surface area (Å²) in [4.78, 5) is 11.2. The van der Waals surface area contributed by atoms with Crippen LogP contribution in [0.2, 0.25) is 0 Å². The number of anilines is 1. The van der Waals surface area contributed by atoms with E-state index >= 15 is 0 Å². The van der Waals surface area contributed by atoms with Gasteiger partial charge in [-0.2, -0.15) is 5.10 Å². The molecule has 6 nitrogen and oxygen atoms in total. The lowest BCUT2D eigenvalue weighted by Crippen LogP contribution is -2.29. The minimum absolute atomic E-state index is 0.730. The molecule has 4 heterocycles. The Kier molecular flexibility index (Phi) is 5.46. The first-order valence-electron chi connectivity index (χ1n) is 10.8. The van der Waals surface area contributed by atoms with Crippen LogP contribution in [0.1, 0.15) is 30.5 Å². The molecular weight excluding hydrogens is 384 g/mol. The molecule has 1 fully saturated rings. The highest BCUT2D eigenvalue weighted by Crippen LogP contribution is 2.29. The predicted octanol–water partition coefficient (Wildman–Crippen LogP) is 5.09. The van der Waals surface area contributed by atoms with E-state index in [1.807, 2.05) is 24.5 Å². The van der Waals surface area contributed by atoms with Crippen molar-refractivity contribution < 1.29 is 0 Å². The second-order valence-corrected chi connectivity index (χ2v) is 8.10. The van der Waals surface area contributed by atoms with Crippen molar-refractivity contribution >= 4 is 22.3 Å². The number of benzene rings is 1. The van der Waals surface area contributed by atoms with Gasteiger partial charge in [0.25, 0.3) is 0 Å². The smallest absolute Gasteiger partial charge is 0.116 e. The molecule has 1 aliphatic rings. The molecule has 0 bridgehead atoms. The second-order valence-electron chi connectivity index (χ2n) is 8.10. The fourth-order valence-electron chi connectivity index (χ4n) is 4.20. The van der Waals surface area contributed by atoms with Gasteiger partial charge in [-0.05, 0) is 67.4 Å². The van der Waals surface area contributed by atoms with Crippen LogP contribution in [0, 0.1) is 0 Å². The number of likely N-dealkylation sites (tertiary alicyclic amines) is 1. The fraction of sp³-hybridized carbons (Fsp3) is 0.240. The maximum Gasteiger partial charge on any atom is 0.116 e. The lowest BCUT2D eigenvalue weighted by molar-refractivity contribution is 0.220. The molecule has 0 unspecified atom stereocenters. The van der Waals surface area contributed by atoms with Crippen molar-refractivity contribution in [2.24, 2.45) is 0 Å². The normalized spacial score (nSPS) is 14.6. The van der Waals surface area contributed by atoms with Crippen molar-refractivity contribution in [3.63, 3.8) is 0 Å². The van der Waals surface area contributed by atoms with Crippen LogP contribution in [-0.4, -0.2) is 38.2 Å². The van der Waals surface area contributed by atoms with Crippen LogP contribution in [0.5, 0.6) is 0 Å². The minimum Gasteiger partial charge on any atom is -0.353 e. The number of pyridine rings is 2. The zero-order chi connectivity index (χ0) is 21.0. The lowest BCUT2D eigenvalue weighted by Gasteiger charge is -2.26. The fourth-order valence-corrected chi connectivity index (χ4v) is 4.20. The molecule has 0 spiro atoms. The van der Waals surface area contributed by atoms with Crippen molar-refractivity contribution in [3.05, 3.63) is 79.0 Å². The number of hydrogen-bond donors (Lipinski definition) is 2. The summed E-state index contributed by atoms with van der Waals surface area (Å²) in [5, 5.41) is 11.9. The van der Waals surface area contributed by atoms with E-state index in [0.717, 1.165) is 45.7 Å². The second kappa shape index (κ2) is 8.70. The summed E-state index contributed by atoms with van der Waals surface area (Å²) in [6, 6.07) is 12.4. The average molecular weight is 411 g/mol. The molecule has 2 N–H and O–H groups in total. The minimum atomic E-state index is 0.730. The Balaban J connectivity index is 1.41. The van der Waals surface area contributed by atoms with Crippen LogP contribution in [0.25, 0.3) is 27.7 Å². The first-order valence-corrected chi connectivity index (χ1v) is 10.8. The standard InChI is InChI=1S/C25H26N6/c1-18(28-22-6-5-9-26-16-22)25-23-13-20(7-8-24(23)29-30-25)21-12-19(14-27-15-21)17-31-10-3-2-4-11-31/h5-9,12-16,28H,1-4,10-11,17H2,(H,29,30). The SMILES string of the molecule is C=C(Nc1cccnc1)c1n[nH]c2ccc(-c3cncc(CN4CCCCC4)c3)cc12. The highest BCUT2D eigenvalue weighted by Gasteiger charge is 2.13. The van der Waals surface area contributed by atoms with E-state index in [4.69, 9.17) is 0 Å². The van der Waals surface area contributed by atoms with Gasteiger partial charge >= 0.3 is 0 Å². The Morgan fingerprint density at radius 1 is 1.00 bits per heavy atom. The summed E-state index contributed by atoms with van der Waals surface area (Å²) in [6.45, 7) is 7.51. The van der Waals surface area contributed by atoms with Crippen LogP contribution < -0.4 is 5.32 Å². The van der Waals surface area contributed by atoms with Crippen molar-refractivity contribution in [2.45, 2.75) is 25.8 Å². The Labute approximate surface area is 182 Å². The van der Waals surface area contributed by atoms with Crippen molar-refractivity contribution in [3.8, 4) is 11.1 Å². The zero-order valence-electron chi connectivity index (χ0n) is 17.5. The van der Waals surface area contributed by atoms with E-state index < -0.39 is 0 Å². The van der Waals surface area contributed by atoms with Gasteiger partial charge in [-0.1, -0.05) is 19.1 Å². The number of rotatable bonds is 6. The maximum absolute atomic E-state index is 4.52. The molecule has 6 heteroatoms. The lowest BCUT2D eigenvalue weighted by atomic mass is 10.0. The monoisotopic (exact) mass is 410 g/mol. The topological polar surface area (TPSA) is 69.7 Å². The maximum atomic E-state index is 4.52. The Morgan fingerprint density at radius 2 is 1.90 bits per heavy atom. The molecule has 1 aromatic carbocycles. The number of H-pyrrole nitrogens is 1. The molecule has 0 saturated carbocycles. The van der Waals surface area contributed by atoms with Crippen LogP contribution in [0.15, 0.2) is 67.8 Å². The number of hydrogen-bond acceptors (Lipinski definition) is 5. The van der Waals surface area contributed by atoms with E-state index in [0.29, 0.717) is 0 Å². The number of fused-ring (bicyclic) bond motifs is 1. The first-order chi connectivity index (χ1) is 15.3. The van der Waals surface area contributed by atoms with Gasteiger partial charge in [-0.25, -0.2) is 0 Å². The van der Waals surface area contributed by atoms with E-state index in [1.165, 1.54) is 37.9 Å². The third-order valence-electron chi connectivity index (χ3n) is 5.79. The van der Waals surface area contributed by atoms with Crippen LogP contribution >= 0.6 is 0 Å². The molecule has 5 rings (SSSR count). The number of aromatic amines is 1. The number of aromatic nitrogens is 4. The first kappa shape index (κ1) is 19.5. The van der Waals surface area contributed by atoms with Gasteiger partial charge in [0.05, 0.1) is 23.1 Å². The zero-order valence-corrected chi connectivity index (χ0v) is 17.5. The molecule has 156 valence electrons. The Morgan fingerprint density at radius 3 is 2.74 bits per heavy atom. The van der Waals surface area contributed by atoms with Crippen molar-refractivity contribution in [1.82, 2.24) is 25.1 Å². The molecule has 0 radical (unpaired) electrons. The van der Waals surface area contributed by atoms with Gasteiger partial charge in [-0.15, -0.1) is 0 Å². The quantitative estimate of drug-likeness (QED) is 0.463. The van der Waals surface area contributed by atoms with Gasteiger partial charge in [0.2, 0.25) is 0 Å². The summed E-state index contributed by atoms with van der Waals surface area (Å²) in [7, 11) is 0. The summed E-state index contributed by atoms with van der Waals surface area (Å²) < 4.78 is 0. The third-order valence-corrected chi connectivity index (χ3v) is 5.79. The van der Waals surface area contributed by atoms with E-state index in [-0.39, 0.29) is 0 Å². The largest absolute Gasteiger partial charge is 0.353 e.